The smallest absolute Gasteiger partial charge is 0.236 e. The average molecular weight is 242 g/mol. The average Bonchev–Trinajstić information content (AvgIpc) is 2.96. The predicted molar refractivity (Wildman–Crippen MR) is 68.0 cm³/mol. The summed E-state index contributed by atoms with van der Waals surface area (Å²) in [5.74, 6) is 1.21. The Hall–Kier alpha value is -2.14. The molecule has 0 unspecified atom stereocenters. The summed E-state index contributed by atoms with van der Waals surface area (Å²) in [6.45, 7) is 2.94. The Labute approximate surface area is 104 Å². The summed E-state index contributed by atoms with van der Waals surface area (Å²) in [4.78, 5) is 0. The Morgan fingerprint density at radius 1 is 1.28 bits per heavy atom. The van der Waals surface area contributed by atoms with Gasteiger partial charge in [0.15, 0.2) is 0 Å². The van der Waals surface area contributed by atoms with E-state index in [0.29, 0.717) is 24.9 Å². The molecule has 2 N–H and O–H groups in total. The van der Waals surface area contributed by atoms with Gasteiger partial charge in [0.2, 0.25) is 11.8 Å². The van der Waals surface area contributed by atoms with E-state index >= 15 is 0 Å². The molecule has 2 heterocycles. The molecule has 5 heteroatoms. The van der Waals surface area contributed by atoms with Crippen molar-refractivity contribution in [1.82, 2.24) is 14.8 Å². The maximum absolute atomic E-state index is 5.63. The molecule has 5 nitrogen and oxygen atoms in total. The zero-order valence-corrected chi connectivity index (χ0v) is 10.1. The highest BCUT2D eigenvalue weighted by Crippen LogP contribution is 2.18. The summed E-state index contributed by atoms with van der Waals surface area (Å²) in [5.41, 5.74) is 7.91. The van der Waals surface area contributed by atoms with E-state index in [1.54, 1.807) is 6.92 Å². The maximum Gasteiger partial charge on any atom is 0.236 e. The van der Waals surface area contributed by atoms with Crippen molar-refractivity contribution < 1.29 is 4.42 Å². The molecular formula is C13H14N4O. The second-order valence-corrected chi connectivity index (χ2v) is 4.26. The number of hydrogen-bond donors (Lipinski definition) is 1. The minimum atomic E-state index is 0.559. The first-order valence-corrected chi connectivity index (χ1v) is 5.83. The van der Waals surface area contributed by atoms with Crippen molar-refractivity contribution in [2.45, 2.75) is 20.0 Å². The van der Waals surface area contributed by atoms with Gasteiger partial charge >= 0.3 is 0 Å². The molecule has 0 aliphatic carbocycles. The van der Waals surface area contributed by atoms with E-state index in [-0.39, 0.29) is 0 Å². The van der Waals surface area contributed by atoms with Crippen LogP contribution in [-0.2, 0) is 13.1 Å². The van der Waals surface area contributed by atoms with Gasteiger partial charge in [-0.3, -0.25) is 0 Å². The highest BCUT2D eigenvalue weighted by molar-refractivity contribution is 5.80. The first-order valence-electron chi connectivity index (χ1n) is 5.83. The van der Waals surface area contributed by atoms with E-state index in [1.165, 1.54) is 5.39 Å². The Morgan fingerprint density at radius 2 is 2.17 bits per heavy atom. The van der Waals surface area contributed by atoms with Crippen LogP contribution >= 0.6 is 0 Å². The molecule has 2 aromatic heterocycles. The van der Waals surface area contributed by atoms with Gasteiger partial charge < -0.3 is 14.7 Å². The van der Waals surface area contributed by atoms with E-state index in [0.717, 1.165) is 11.1 Å². The monoisotopic (exact) mass is 242 g/mol. The van der Waals surface area contributed by atoms with E-state index in [1.807, 2.05) is 12.3 Å². The minimum Gasteiger partial charge on any atom is -0.424 e. The van der Waals surface area contributed by atoms with Crippen molar-refractivity contribution in [3.8, 4) is 0 Å². The fourth-order valence-electron chi connectivity index (χ4n) is 2.06. The largest absolute Gasteiger partial charge is 0.424 e. The summed E-state index contributed by atoms with van der Waals surface area (Å²) in [7, 11) is 0. The molecule has 0 radical (unpaired) electrons. The topological polar surface area (TPSA) is 69.9 Å². The molecule has 1 aromatic carbocycles. The van der Waals surface area contributed by atoms with Crippen LogP contribution in [-0.4, -0.2) is 14.8 Å². The molecule has 0 saturated heterocycles. The van der Waals surface area contributed by atoms with Gasteiger partial charge in [0, 0.05) is 25.2 Å². The minimum absolute atomic E-state index is 0.559. The van der Waals surface area contributed by atoms with Crippen molar-refractivity contribution in [2.75, 3.05) is 0 Å². The van der Waals surface area contributed by atoms with Gasteiger partial charge in [0.25, 0.3) is 0 Å². The van der Waals surface area contributed by atoms with Gasteiger partial charge in [0.05, 0.1) is 0 Å². The highest BCUT2D eigenvalue weighted by atomic mass is 16.4. The van der Waals surface area contributed by atoms with E-state index in [4.69, 9.17) is 10.2 Å². The first-order chi connectivity index (χ1) is 8.76. The van der Waals surface area contributed by atoms with Gasteiger partial charge in [-0.05, 0) is 29.1 Å². The summed E-state index contributed by atoms with van der Waals surface area (Å²) in [6, 6.07) is 8.28. The third-order valence-corrected chi connectivity index (χ3v) is 2.94. The van der Waals surface area contributed by atoms with Gasteiger partial charge in [-0.2, -0.15) is 0 Å². The molecule has 92 valence electrons. The SMILES string of the molecule is Cc1nnc(Cn2ccc3cc(CN)ccc32)o1. The number of fused-ring (bicyclic) bond motifs is 1. The van der Waals surface area contributed by atoms with Crippen LogP contribution < -0.4 is 5.73 Å². The second kappa shape index (κ2) is 4.27. The quantitative estimate of drug-likeness (QED) is 0.760. The summed E-state index contributed by atoms with van der Waals surface area (Å²) >= 11 is 0. The van der Waals surface area contributed by atoms with Crippen LogP contribution in [0, 0.1) is 6.92 Å². The van der Waals surface area contributed by atoms with Crippen LogP contribution in [0.2, 0.25) is 0 Å². The third kappa shape index (κ3) is 1.89. The molecule has 0 bridgehead atoms. The zero-order chi connectivity index (χ0) is 12.5. The van der Waals surface area contributed by atoms with Crippen LogP contribution in [0.25, 0.3) is 10.9 Å². The normalized spacial score (nSPS) is 11.2. The zero-order valence-electron chi connectivity index (χ0n) is 10.1. The van der Waals surface area contributed by atoms with Gasteiger partial charge in [-0.15, -0.1) is 10.2 Å². The van der Waals surface area contributed by atoms with Crippen molar-refractivity contribution in [3.63, 3.8) is 0 Å². The first kappa shape index (κ1) is 11.0. The highest BCUT2D eigenvalue weighted by Gasteiger charge is 2.06. The number of nitrogens with zero attached hydrogens (tertiary/aromatic N) is 3. The van der Waals surface area contributed by atoms with Gasteiger partial charge in [-0.25, -0.2) is 0 Å². The Kier molecular flexibility index (Phi) is 2.60. The molecule has 0 fully saturated rings. The van der Waals surface area contributed by atoms with Gasteiger partial charge in [0.1, 0.15) is 6.54 Å². The number of hydrogen-bond acceptors (Lipinski definition) is 4. The molecular weight excluding hydrogens is 228 g/mol. The summed E-state index contributed by atoms with van der Waals surface area (Å²) in [6.07, 6.45) is 2.02. The third-order valence-electron chi connectivity index (χ3n) is 2.94. The Balaban J connectivity index is 1.97. The summed E-state index contributed by atoms with van der Waals surface area (Å²) in [5, 5.41) is 9.01. The van der Waals surface area contributed by atoms with Crippen LogP contribution in [0.5, 0.6) is 0 Å². The van der Waals surface area contributed by atoms with E-state index in [2.05, 4.69) is 33.0 Å². The molecule has 0 saturated carbocycles. The molecule has 18 heavy (non-hydrogen) atoms. The maximum atomic E-state index is 5.63. The lowest BCUT2D eigenvalue weighted by Gasteiger charge is -2.02. The molecule has 0 spiro atoms. The molecule has 0 atom stereocenters. The van der Waals surface area contributed by atoms with Crippen LogP contribution in [0.3, 0.4) is 0 Å². The number of benzene rings is 1. The fourth-order valence-corrected chi connectivity index (χ4v) is 2.06. The predicted octanol–water partition coefficient (Wildman–Crippen LogP) is 1.84. The molecule has 0 aliphatic rings. The van der Waals surface area contributed by atoms with Crippen LogP contribution in [0.15, 0.2) is 34.9 Å². The lowest BCUT2D eigenvalue weighted by Crippen LogP contribution is -1.99. The number of aromatic nitrogens is 3. The standard InChI is InChI=1S/C13H14N4O/c1-9-15-16-13(18-9)8-17-5-4-11-6-10(7-14)2-3-12(11)17/h2-6H,7-8,14H2,1H3. The molecule has 3 aromatic rings. The lowest BCUT2D eigenvalue weighted by molar-refractivity contribution is 0.457. The molecule has 3 rings (SSSR count). The van der Waals surface area contributed by atoms with E-state index in [9.17, 15) is 0 Å². The summed E-state index contributed by atoms with van der Waals surface area (Å²) < 4.78 is 7.47. The van der Waals surface area contributed by atoms with Crippen molar-refractivity contribution in [1.29, 1.82) is 0 Å². The van der Waals surface area contributed by atoms with Crippen LogP contribution in [0.4, 0.5) is 0 Å². The number of aryl methyl sites for hydroxylation is 1. The van der Waals surface area contributed by atoms with E-state index < -0.39 is 0 Å². The fraction of sp³-hybridized carbons (Fsp3) is 0.231. The Morgan fingerprint density at radius 3 is 2.89 bits per heavy atom. The lowest BCUT2D eigenvalue weighted by atomic mass is 10.1. The van der Waals surface area contributed by atoms with Gasteiger partial charge in [-0.1, -0.05) is 6.07 Å². The molecule has 0 aliphatic heterocycles. The van der Waals surface area contributed by atoms with Crippen molar-refractivity contribution >= 4 is 10.9 Å². The van der Waals surface area contributed by atoms with Crippen LogP contribution in [0.1, 0.15) is 17.3 Å². The number of rotatable bonds is 3. The van der Waals surface area contributed by atoms with Crippen molar-refractivity contribution in [3.05, 3.63) is 47.8 Å². The number of nitrogens with two attached hydrogens (primary N) is 1. The Bertz CT molecular complexity index is 683. The molecule has 0 amide bonds. The second-order valence-electron chi connectivity index (χ2n) is 4.26. The van der Waals surface area contributed by atoms with Crippen molar-refractivity contribution in [2.24, 2.45) is 5.73 Å².